The normalized spacial score (nSPS) is 10.8. The Morgan fingerprint density at radius 3 is 2.73 bits per heavy atom. The maximum atomic E-state index is 12.7. The number of aromatic nitrogens is 2. The van der Waals surface area contributed by atoms with Crippen LogP contribution in [-0.2, 0) is 0 Å². The van der Waals surface area contributed by atoms with Crippen molar-refractivity contribution in [3.05, 3.63) is 23.0 Å². The third-order valence-corrected chi connectivity index (χ3v) is 3.50. The van der Waals surface area contributed by atoms with Crippen molar-refractivity contribution in [1.29, 1.82) is 0 Å². The van der Waals surface area contributed by atoms with Gasteiger partial charge in [-0.3, -0.25) is 4.79 Å². The zero-order valence-corrected chi connectivity index (χ0v) is 14.5. The highest BCUT2D eigenvalue weighted by atomic mass is 35.5. The van der Waals surface area contributed by atoms with Crippen LogP contribution in [0.1, 0.15) is 41.5 Å². The Labute approximate surface area is 136 Å². The summed E-state index contributed by atoms with van der Waals surface area (Å²) in [5.41, 5.74) is 2.58. The second kappa shape index (κ2) is 7.56. The Bertz CT molecular complexity index is 654. The number of amides is 1. The van der Waals surface area contributed by atoms with E-state index >= 15 is 0 Å². The van der Waals surface area contributed by atoms with Crippen molar-refractivity contribution in [2.45, 2.75) is 26.7 Å². The van der Waals surface area contributed by atoms with Gasteiger partial charge in [-0.15, -0.1) is 12.4 Å². The first-order valence-electron chi connectivity index (χ1n) is 7.12. The fourth-order valence-electron chi connectivity index (χ4n) is 2.16. The first-order valence-corrected chi connectivity index (χ1v) is 7.12. The average molecular weight is 327 g/mol. The molecule has 0 bridgehead atoms. The van der Waals surface area contributed by atoms with Gasteiger partial charge >= 0.3 is 0 Å². The lowest BCUT2D eigenvalue weighted by atomic mass is 10.0. The summed E-state index contributed by atoms with van der Waals surface area (Å²) in [5, 5.41) is 7.69. The molecule has 7 heteroatoms. The van der Waals surface area contributed by atoms with E-state index in [1.165, 1.54) is 0 Å². The third kappa shape index (κ3) is 3.56. The second-order valence-electron chi connectivity index (χ2n) is 5.53. The minimum Gasteiger partial charge on any atom is -0.340 e. The van der Waals surface area contributed by atoms with Crippen LogP contribution in [0.4, 0.5) is 0 Å². The summed E-state index contributed by atoms with van der Waals surface area (Å²) in [7, 11) is 3.66. The van der Waals surface area contributed by atoms with Gasteiger partial charge in [0.05, 0.1) is 16.6 Å². The first-order chi connectivity index (χ1) is 9.95. The lowest BCUT2D eigenvalue weighted by molar-refractivity contribution is 0.0798. The van der Waals surface area contributed by atoms with Crippen molar-refractivity contribution in [2.75, 3.05) is 27.2 Å². The fraction of sp³-hybridized carbons (Fsp3) is 0.533. The van der Waals surface area contributed by atoms with Gasteiger partial charge < -0.3 is 14.7 Å². The van der Waals surface area contributed by atoms with Crippen LogP contribution < -0.4 is 5.32 Å². The van der Waals surface area contributed by atoms with Crippen LogP contribution in [0.3, 0.4) is 0 Å². The molecular weight excluding hydrogens is 304 g/mol. The molecule has 22 heavy (non-hydrogen) atoms. The summed E-state index contributed by atoms with van der Waals surface area (Å²) < 4.78 is 5.25. The third-order valence-electron chi connectivity index (χ3n) is 3.50. The SMILES string of the molecule is CNCCN(C)C(=O)c1cc(C(C)C)nc2onc(C)c12.Cl. The molecule has 0 aliphatic carbocycles. The molecule has 0 aromatic carbocycles. The van der Waals surface area contributed by atoms with E-state index in [9.17, 15) is 4.79 Å². The molecule has 2 rings (SSSR count). The summed E-state index contributed by atoms with van der Waals surface area (Å²) in [6.07, 6.45) is 0. The standard InChI is InChI=1S/C15H22N4O2.ClH/c1-9(2)12-8-11(15(20)19(5)7-6-16-4)13-10(3)18-21-14(13)17-12;/h8-9,16H,6-7H2,1-5H3;1H. The minimum absolute atomic E-state index is 0. The first kappa shape index (κ1) is 18.4. The summed E-state index contributed by atoms with van der Waals surface area (Å²) in [6, 6.07) is 1.86. The Kier molecular flexibility index (Phi) is 6.32. The number of hydrogen-bond acceptors (Lipinski definition) is 5. The van der Waals surface area contributed by atoms with Crippen molar-refractivity contribution in [1.82, 2.24) is 20.4 Å². The Hall–Kier alpha value is -1.66. The van der Waals surface area contributed by atoms with Gasteiger partial charge in [0.1, 0.15) is 0 Å². The molecular formula is C15H23ClN4O2. The highest BCUT2D eigenvalue weighted by molar-refractivity contribution is 6.05. The fourth-order valence-corrected chi connectivity index (χ4v) is 2.16. The van der Waals surface area contributed by atoms with Crippen LogP contribution in [0.25, 0.3) is 11.1 Å². The number of carbonyl (C=O) groups is 1. The molecule has 2 aromatic heterocycles. The van der Waals surface area contributed by atoms with Gasteiger partial charge in [0.15, 0.2) is 0 Å². The molecule has 0 aliphatic heterocycles. The average Bonchev–Trinajstić information content (AvgIpc) is 2.84. The highest BCUT2D eigenvalue weighted by Crippen LogP contribution is 2.25. The molecule has 0 aliphatic rings. The van der Waals surface area contributed by atoms with Crippen LogP contribution >= 0.6 is 12.4 Å². The van der Waals surface area contributed by atoms with Gasteiger partial charge in [-0.05, 0) is 26.0 Å². The molecule has 0 saturated heterocycles. The maximum absolute atomic E-state index is 12.7. The van der Waals surface area contributed by atoms with Gasteiger partial charge in [0.2, 0.25) is 0 Å². The maximum Gasteiger partial charge on any atom is 0.259 e. The zero-order chi connectivity index (χ0) is 15.6. The lowest BCUT2D eigenvalue weighted by Gasteiger charge is -2.18. The number of fused-ring (bicyclic) bond motifs is 1. The number of rotatable bonds is 5. The molecule has 6 nitrogen and oxygen atoms in total. The minimum atomic E-state index is -0.0362. The number of halogens is 1. The Balaban J connectivity index is 0.00000242. The largest absolute Gasteiger partial charge is 0.340 e. The predicted octanol–water partition coefficient (Wildman–Crippen LogP) is 2.37. The van der Waals surface area contributed by atoms with Crippen molar-refractivity contribution >= 4 is 29.4 Å². The van der Waals surface area contributed by atoms with E-state index in [0.29, 0.717) is 28.9 Å². The van der Waals surface area contributed by atoms with Crippen LogP contribution in [-0.4, -0.2) is 48.1 Å². The number of likely N-dealkylation sites (N-methyl/N-ethyl adjacent to an activating group) is 2. The number of nitrogens with zero attached hydrogens (tertiary/aromatic N) is 3. The monoisotopic (exact) mass is 326 g/mol. The van der Waals surface area contributed by atoms with E-state index in [0.717, 1.165) is 12.2 Å². The van der Waals surface area contributed by atoms with Crippen molar-refractivity contribution in [3.8, 4) is 0 Å². The van der Waals surface area contributed by atoms with Crippen LogP contribution in [0.15, 0.2) is 10.6 Å². The van der Waals surface area contributed by atoms with Gasteiger partial charge in [-0.25, -0.2) is 4.98 Å². The Morgan fingerprint density at radius 2 is 2.14 bits per heavy atom. The molecule has 0 fully saturated rings. The highest BCUT2D eigenvalue weighted by Gasteiger charge is 2.21. The van der Waals surface area contributed by atoms with Gasteiger partial charge in [0.25, 0.3) is 11.6 Å². The molecule has 1 amide bonds. The van der Waals surface area contributed by atoms with E-state index in [2.05, 4.69) is 15.5 Å². The molecule has 0 radical (unpaired) electrons. The number of nitrogens with one attached hydrogen (secondary N) is 1. The van der Waals surface area contributed by atoms with E-state index in [1.54, 1.807) is 11.9 Å². The molecule has 1 N–H and O–H groups in total. The Morgan fingerprint density at radius 1 is 1.45 bits per heavy atom. The smallest absolute Gasteiger partial charge is 0.259 e. The molecule has 0 saturated carbocycles. The molecule has 2 heterocycles. The van der Waals surface area contributed by atoms with E-state index in [1.807, 2.05) is 33.9 Å². The number of pyridine rings is 1. The molecule has 0 spiro atoms. The van der Waals surface area contributed by atoms with Crippen molar-refractivity contribution in [3.63, 3.8) is 0 Å². The number of hydrogen-bond donors (Lipinski definition) is 1. The van der Waals surface area contributed by atoms with Crippen LogP contribution in [0, 0.1) is 6.92 Å². The summed E-state index contributed by atoms with van der Waals surface area (Å²) >= 11 is 0. The van der Waals surface area contributed by atoms with Crippen LogP contribution in [0.5, 0.6) is 0 Å². The van der Waals surface area contributed by atoms with Crippen molar-refractivity contribution in [2.24, 2.45) is 0 Å². The molecule has 0 unspecified atom stereocenters. The summed E-state index contributed by atoms with van der Waals surface area (Å²) in [4.78, 5) is 18.8. The van der Waals surface area contributed by atoms with Gasteiger partial charge in [-0.2, -0.15) is 0 Å². The van der Waals surface area contributed by atoms with Crippen molar-refractivity contribution < 1.29 is 9.32 Å². The lowest BCUT2D eigenvalue weighted by Crippen LogP contribution is -2.33. The molecule has 2 aromatic rings. The van der Waals surface area contributed by atoms with Gasteiger partial charge in [0, 0.05) is 25.8 Å². The number of aryl methyl sites for hydroxylation is 1. The van der Waals surface area contributed by atoms with E-state index < -0.39 is 0 Å². The van der Waals surface area contributed by atoms with E-state index in [-0.39, 0.29) is 24.2 Å². The topological polar surface area (TPSA) is 71.3 Å². The quantitative estimate of drug-likeness (QED) is 0.913. The van der Waals surface area contributed by atoms with Gasteiger partial charge in [-0.1, -0.05) is 19.0 Å². The summed E-state index contributed by atoms with van der Waals surface area (Å²) in [6.45, 7) is 7.29. The molecule has 122 valence electrons. The second-order valence-corrected chi connectivity index (χ2v) is 5.53. The summed E-state index contributed by atoms with van der Waals surface area (Å²) in [5.74, 6) is 0.180. The molecule has 0 atom stereocenters. The van der Waals surface area contributed by atoms with Crippen LogP contribution in [0.2, 0.25) is 0 Å². The predicted molar refractivity (Wildman–Crippen MR) is 88.8 cm³/mol. The zero-order valence-electron chi connectivity index (χ0n) is 13.6. The number of carbonyl (C=O) groups excluding carboxylic acids is 1. The van der Waals surface area contributed by atoms with E-state index in [4.69, 9.17) is 4.52 Å².